The molecule has 0 radical (unpaired) electrons. The number of nitrogens with one attached hydrogen (secondary N) is 2. The summed E-state index contributed by atoms with van der Waals surface area (Å²) in [6, 6.07) is 21.7. The van der Waals surface area contributed by atoms with Gasteiger partial charge in [-0.25, -0.2) is 10.9 Å². The fraction of sp³-hybridized carbons (Fsp3) is 0.0833. The van der Waals surface area contributed by atoms with E-state index in [1.165, 1.54) is 0 Å². The Hall–Kier alpha value is -4.06. The normalized spacial score (nSPS) is 11.0. The first kappa shape index (κ1) is 20.7. The van der Waals surface area contributed by atoms with Gasteiger partial charge < -0.3 is 0 Å². The van der Waals surface area contributed by atoms with Crippen molar-refractivity contribution in [1.29, 1.82) is 0 Å². The third-order valence-corrected chi connectivity index (χ3v) is 4.53. The number of rotatable bonds is 6. The van der Waals surface area contributed by atoms with Gasteiger partial charge in [-0.3, -0.25) is 9.59 Å². The summed E-state index contributed by atoms with van der Waals surface area (Å²) in [5, 5.41) is 7.98. The van der Waals surface area contributed by atoms with Crippen molar-refractivity contribution in [3.8, 4) is 0 Å². The van der Waals surface area contributed by atoms with Gasteiger partial charge >= 0.3 is 0 Å². The van der Waals surface area contributed by atoms with Crippen molar-refractivity contribution < 1.29 is 9.59 Å². The molecule has 2 N–H and O–H groups in total. The molecule has 0 spiro atoms. The van der Waals surface area contributed by atoms with E-state index >= 15 is 0 Å². The molecule has 0 atom stereocenters. The second-order valence-electron chi connectivity index (χ2n) is 6.69. The van der Waals surface area contributed by atoms with E-state index in [-0.39, 0.29) is 11.8 Å². The van der Waals surface area contributed by atoms with Crippen LogP contribution in [-0.4, -0.2) is 24.2 Å². The van der Waals surface area contributed by atoms with Crippen LogP contribution in [0, 0.1) is 13.8 Å². The highest BCUT2D eigenvalue weighted by Crippen LogP contribution is 2.06. The second kappa shape index (κ2) is 9.93. The van der Waals surface area contributed by atoms with Gasteiger partial charge in [0.05, 0.1) is 12.4 Å². The van der Waals surface area contributed by atoms with Crippen LogP contribution in [-0.2, 0) is 0 Å². The number of hydrazone groups is 2. The molecule has 0 fully saturated rings. The van der Waals surface area contributed by atoms with Gasteiger partial charge in [0.2, 0.25) is 0 Å². The topological polar surface area (TPSA) is 82.9 Å². The largest absolute Gasteiger partial charge is 0.271 e. The molecule has 3 aromatic carbocycles. The molecule has 3 aromatic rings. The molecule has 0 aliphatic heterocycles. The predicted octanol–water partition coefficient (Wildman–Crippen LogP) is 3.83. The Morgan fingerprint density at radius 2 is 1.00 bits per heavy atom. The van der Waals surface area contributed by atoms with Crippen molar-refractivity contribution in [3.05, 3.63) is 106 Å². The lowest BCUT2D eigenvalue weighted by Crippen LogP contribution is -2.19. The molecule has 0 bridgehead atoms. The SMILES string of the molecule is Cc1ccccc1C=NNC(=O)c1ccc(C(=O)NN=Cc2ccccc2C)cc1. The molecule has 0 aliphatic carbocycles. The van der Waals surface area contributed by atoms with Crippen LogP contribution >= 0.6 is 0 Å². The summed E-state index contributed by atoms with van der Waals surface area (Å²) in [6.07, 6.45) is 3.20. The summed E-state index contributed by atoms with van der Waals surface area (Å²) in [6.45, 7) is 3.94. The molecule has 0 unspecified atom stereocenters. The number of nitrogens with zero attached hydrogens (tertiary/aromatic N) is 2. The van der Waals surface area contributed by atoms with E-state index < -0.39 is 0 Å². The molecule has 6 nitrogen and oxygen atoms in total. The summed E-state index contributed by atoms with van der Waals surface area (Å²) in [5.41, 5.74) is 9.76. The van der Waals surface area contributed by atoms with Crippen molar-refractivity contribution in [2.75, 3.05) is 0 Å². The average molecular weight is 398 g/mol. The van der Waals surface area contributed by atoms with Crippen LogP contribution in [0.2, 0.25) is 0 Å². The van der Waals surface area contributed by atoms with Crippen molar-refractivity contribution in [3.63, 3.8) is 0 Å². The summed E-state index contributed by atoms with van der Waals surface area (Å²) >= 11 is 0. The van der Waals surface area contributed by atoms with Gasteiger partial charge in [-0.2, -0.15) is 10.2 Å². The third kappa shape index (κ3) is 5.48. The maximum absolute atomic E-state index is 12.2. The number of aryl methyl sites for hydroxylation is 2. The smallest absolute Gasteiger partial charge is 0.267 e. The van der Waals surface area contributed by atoms with Gasteiger partial charge in [0.25, 0.3) is 11.8 Å². The molecular weight excluding hydrogens is 376 g/mol. The van der Waals surface area contributed by atoms with Gasteiger partial charge in [0, 0.05) is 11.1 Å². The second-order valence-corrected chi connectivity index (χ2v) is 6.69. The number of amides is 2. The molecule has 30 heavy (non-hydrogen) atoms. The summed E-state index contributed by atoms with van der Waals surface area (Å²) in [5.74, 6) is -0.714. The highest BCUT2D eigenvalue weighted by atomic mass is 16.2. The number of carbonyl (C=O) groups excluding carboxylic acids is 2. The van der Waals surface area contributed by atoms with Crippen molar-refractivity contribution in [2.24, 2.45) is 10.2 Å². The number of carbonyl (C=O) groups is 2. The first-order chi connectivity index (χ1) is 14.5. The fourth-order valence-corrected chi connectivity index (χ4v) is 2.69. The first-order valence-electron chi connectivity index (χ1n) is 9.43. The van der Waals surface area contributed by atoms with Crippen molar-refractivity contribution in [2.45, 2.75) is 13.8 Å². The Balaban J connectivity index is 1.56. The van der Waals surface area contributed by atoms with E-state index in [0.717, 1.165) is 22.3 Å². The Kier molecular flexibility index (Phi) is 6.84. The molecule has 6 heteroatoms. The van der Waals surface area contributed by atoms with E-state index in [0.29, 0.717) is 11.1 Å². The molecule has 150 valence electrons. The van der Waals surface area contributed by atoms with Crippen molar-refractivity contribution in [1.82, 2.24) is 10.9 Å². The molecular formula is C24H22N4O2. The van der Waals surface area contributed by atoms with Crippen LogP contribution in [0.1, 0.15) is 43.0 Å². The Labute approximate surface area is 175 Å². The summed E-state index contributed by atoms with van der Waals surface area (Å²) in [4.78, 5) is 24.4. The molecule has 0 aliphatic rings. The van der Waals surface area contributed by atoms with Gasteiger partial charge in [0.15, 0.2) is 0 Å². The predicted molar refractivity (Wildman–Crippen MR) is 119 cm³/mol. The lowest BCUT2D eigenvalue weighted by Gasteiger charge is -2.03. The average Bonchev–Trinajstić information content (AvgIpc) is 2.76. The first-order valence-corrected chi connectivity index (χ1v) is 9.43. The minimum atomic E-state index is -0.357. The minimum absolute atomic E-state index is 0.357. The fourth-order valence-electron chi connectivity index (χ4n) is 2.69. The zero-order valence-corrected chi connectivity index (χ0v) is 16.8. The highest BCUT2D eigenvalue weighted by molar-refractivity contribution is 5.98. The van der Waals surface area contributed by atoms with Crippen LogP contribution in [0.3, 0.4) is 0 Å². The van der Waals surface area contributed by atoms with E-state index in [4.69, 9.17) is 0 Å². The van der Waals surface area contributed by atoms with Gasteiger partial charge in [-0.1, -0.05) is 48.5 Å². The van der Waals surface area contributed by atoms with Crippen LogP contribution in [0.15, 0.2) is 83.0 Å². The van der Waals surface area contributed by atoms with Crippen LogP contribution in [0.5, 0.6) is 0 Å². The zero-order chi connectivity index (χ0) is 21.3. The molecule has 0 saturated carbocycles. The van der Waals surface area contributed by atoms with Gasteiger partial charge in [-0.05, 0) is 60.4 Å². The quantitative estimate of drug-likeness (QED) is 0.489. The van der Waals surface area contributed by atoms with Crippen LogP contribution in [0.4, 0.5) is 0 Å². The molecule has 0 saturated heterocycles. The zero-order valence-electron chi connectivity index (χ0n) is 16.8. The number of hydrogen-bond donors (Lipinski definition) is 2. The van der Waals surface area contributed by atoms with Gasteiger partial charge in [0.1, 0.15) is 0 Å². The Bertz CT molecular complexity index is 1010. The van der Waals surface area contributed by atoms with E-state index in [9.17, 15) is 9.59 Å². The van der Waals surface area contributed by atoms with Crippen LogP contribution < -0.4 is 10.9 Å². The lowest BCUT2D eigenvalue weighted by atomic mass is 10.1. The minimum Gasteiger partial charge on any atom is -0.267 e. The maximum atomic E-state index is 12.2. The molecule has 2 amide bonds. The number of benzene rings is 3. The molecule has 0 aromatic heterocycles. The Morgan fingerprint density at radius 1 is 0.633 bits per heavy atom. The van der Waals surface area contributed by atoms with E-state index in [1.807, 2.05) is 62.4 Å². The number of hydrogen-bond acceptors (Lipinski definition) is 4. The summed E-state index contributed by atoms with van der Waals surface area (Å²) in [7, 11) is 0. The maximum Gasteiger partial charge on any atom is 0.271 e. The molecule has 3 rings (SSSR count). The lowest BCUT2D eigenvalue weighted by molar-refractivity contribution is 0.0943. The summed E-state index contributed by atoms with van der Waals surface area (Å²) < 4.78 is 0. The third-order valence-electron chi connectivity index (χ3n) is 4.53. The van der Waals surface area contributed by atoms with Crippen LogP contribution in [0.25, 0.3) is 0 Å². The standard InChI is InChI=1S/C24H22N4O2/c1-17-7-3-5-9-21(17)15-25-27-23(29)19-11-13-20(14-12-19)24(30)28-26-16-22-10-6-4-8-18(22)2/h3-16H,1-2H3,(H,27,29)(H,28,30). The highest BCUT2D eigenvalue weighted by Gasteiger charge is 2.08. The monoisotopic (exact) mass is 398 g/mol. The molecule has 0 heterocycles. The van der Waals surface area contributed by atoms with E-state index in [2.05, 4.69) is 21.1 Å². The Morgan fingerprint density at radius 3 is 1.37 bits per heavy atom. The van der Waals surface area contributed by atoms with Crippen molar-refractivity contribution >= 4 is 24.2 Å². The van der Waals surface area contributed by atoms with Gasteiger partial charge in [-0.15, -0.1) is 0 Å². The van der Waals surface area contributed by atoms with E-state index in [1.54, 1.807) is 36.7 Å².